The van der Waals surface area contributed by atoms with Crippen LogP contribution in [0.5, 0.6) is 0 Å². The smallest absolute Gasteiger partial charge is 0.251 e. The number of carbonyl (C=O) groups excluding carboxylic acids is 1. The molecule has 0 aromatic heterocycles. The fourth-order valence-electron chi connectivity index (χ4n) is 2.51. The van der Waals surface area contributed by atoms with Crippen molar-refractivity contribution in [1.82, 2.24) is 5.32 Å². The van der Waals surface area contributed by atoms with Crippen LogP contribution in [0.2, 0.25) is 5.02 Å². The predicted octanol–water partition coefficient (Wildman–Crippen LogP) is 3.85. The summed E-state index contributed by atoms with van der Waals surface area (Å²) < 4.78 is 23.5. The largest absolute Gasteiger partial charge is 0.346 e. The number of hydrogen-bond donors (Lipinski definition) is 1. The van der Waals surface area contributed by atoms with Gasteiger partial charge in [-0.15, -0.1) is 0 Å². The van der Waals surface area contributed by atoms with Gasteiger partial charge in [-0.25, -0.2) is 8.42 Å². The Kier molecular flexibility index (Phi) is 5.35. The number of aryl methyl sites for hydroxylation is 2. The molecule has 0 saturated carbocycles. The minimum Gasteiger partial charge on any atom is -0.346 e. The SMILES string of the molecule is Cc1ccc(C)c(C(C)NC(=O)c2ccc(Cl)c(S(C)(=O)=O)c2)c1. The van der Waals surface area contributed by atoms with Crippen molar-refractivity contribution in [2.24, 2.45) is 0 Å². The maximum atomic E-state index is 12.5. The van der Waals surface area contributed by atoms with Gasteiger partial charge in [-0.2, -0.15) is 0 Å². The molecule has 0 aliphatic rings. The molecule has 0 saturated heterocycles. The molecule has 0 heterocycles. The van der Waals surface area contributed by atoms with Gasteiger partial charge in [0, 0.05) is 11.8 Å². The van der Waals surface area contributed by atoms with Crippen LogP contribution in [0.15, 0.2) is 41.3 Å². The Morgan fingerprint density at radius 3 is 2.42 bits per heavy atom. The summed E-state index contributed by atoms with van der Waals surface area (Å²) in [6.07, 6.45) is 1.06. The normalized spacial score (nSPS) is 12.7. The molecule has 24 heavy (non-hydrogen) atoms. The van der Waals surface area contributed by atoms with Crippen molar-refractivity contribution < 1.29 is 13.2 Å². The Morgan fingerprint density at radius 2 is 1.79 bits per heavy atom. The molecule has 0 aliphatic heterocycles. The summed E-state index contributed by atoms with van der Waals surface area (Å²) in [5.74, 6) is -0.343. The average molecular weight is 366 g/mol. The monoisotopic (exact) mass is 365 g/mol. The van der Waals surface area contributed by atoms with E-state index in [1.807, 2.05) is 39.0 Å². The van der Waals surface area contributed by atoms with Gasteiger partial charge in [-0.3, -0.25) is 4.79 Å². The molecule has 2 rings (SSSR count). The molecule has 1 atom stereocenters. The van der Waals surface area contributed by atoms with Crippen LogP contribution in [0.1, 0.15) is 40.0 Å². The Bertz CT molecular complexity index is 891. The van der Waals surface area contributed by atoms with Crippen molar-refractivity contribution in [3.63, 3.8) is 0 Å². The number of amides is 1. The summed E-state index contributed by atoms with van der Waals surface area (Å²) in [7, 11) is -3.49. The van der Waals surface area contributed by atoms with Crippen LogP contribution in [-0.4, -0.2) is 20.6 Å². The number of hydrogen-bond acceptors (Lipinski definition) is 3. The predicted molar refractivity (Wildman–Crippen MR) is 96.4 cm³/mol. The molecular weight excluding hydrogens is 346 g/mol. The topological polar surface area (TPSA) is 63.2 Å². The highest BCUT2D eigenvalue weighted by molar-refractivity contribution is 7.90. The zero-order valence-electron chi connectivity index (χ0n) is 14.1. The van der Waals surface area contributed by atoms with E-state index in [0.29, 0.717) is 0 Å². The van der Waals surface area contributed by atoms with Crippen LogP contribution in [0, 0.1) is 13.8 Å². The van der Waals surface area contributed by atoms with Gasteiger partial charge in [-0.05, 0) is 50.1 Å². The molecule has 0 spiro atoms. The number of sulfone groups is 1. The third-order valence-electron chi connectivity index (χ3n) is 3.84. The average Bonchev–Trinajstić information content (AvgIpc) is 2.48. The maximum absolute atomic E-state index is 12.5. The number of rotatable bonds is 4. The van der Waals surface area contributed by atoms with Crippen molar-refractivity contribution in [3.8, 4) is 0 Å². The first-order chi connectivity index (χ1) is 11.1. The lowest BCUT2D eigenvalue weighted by atomic mass is 10.00. The summed E-state index contributed by atoms with van der Waals surface area (Å²) in [4.78, 5) is 12.4. The van der Waals surface area contributed by atoms with Crippen molar-refractivity contribution >= 4 is 27.3 Å². The van der Waals surface area contributed by atoms with Crippen molar-refractivity contribution in [2.75, 3.05) is 6.26 Å². The van der Waals surface area contributed by atoms with Crippen LogP contribution >= 0.6 is 11.6 Å². The highest BCUT2D eigenvalue weighted by Gasteiger charge is 2.18. The van der Waals surface area contributed by atoms with E-state index in [1.54, 1.807) is 0 Å². The maximum Gasteiger partial charge on any atom is 0.251 e. The first-order valence-electron chi connectivity index (χ1n) is 7.47. The van der Waals surface area contributed by atoms with E-state index in [9.17, 15) is 13.2 Å². The molecule has 2 aromatic carbocycles. The van der Waals surface area contributed by atoms with Crippen LogP contribution in [-0.2, 0) is 9.84 Å². The van der Waals surface area contributed by atoms with E-state index in [4.69, 9.17) is 11.6 Å². The first kappa shape index (κ1) is 18.5. The molecular formula is C18H20ClNO3S. The van der Waals surface area contributed by atoms with E-state index >= 15 is 0 Å². The fraction of sp³-hybridized carbons (Fsp3) is 0.278. The number of benzene rings is 2. The molecule has 4 nitrogen and oxygen atoms in total. The zero-order chi connectivity index (χ0) is 18.1. The van der Waals surface area contributed by atoms with Crippen LogP contribution in [0.25, 0.3) is 0 Å². The second-order valence-electron chi connectivity index (χ2n) is 5.97. The van der Waals surface area contributed by atoms with Gasteiger partial charge in [0.2, 0.25) is 0 Å². The van der Waals surface area contributed by atoms with E-state index < -0.39 is 9.84 Å². The molecule has 0 fully saturated rings. The van der Waals surface area contributed by atoms with Gasteiger partial charge in [0.25, 0.3) is 5.91 Å². The molecule has 6 heteroatoms. The van der Waals surface area contributed by atoms with E-state index in [1.165, 1.54) is 18.2 Å². The molecule has 2 aromatic rings. The summed E-state index contributed by atoms with van der Waals surface area (Å²) >= 11 is 5.91. The molecule has 0 bridgehead atoms. The Morgan fingerprint density at radius 1 is 1.12 bits per heavy atom. The molecule has 0 radical (unpaired) electrons. The van der Waals surface area contributed by atoms with Gasteiger partial charge in [-0.1, -0.05) is 35.4 Å². The van der Waals surface area contributed by atoms with Crippen molar-refractivity contribution in [2.45, 2.75) is 31.7 Å². The van der Waals surface area contributed by atoms with E-state index in [-0.39, 0.29) is 27.4 Å². The van der Waals surface area contributed by atoms with Gasteiger partial charge in [0.15, 0.2) is 9.84 Å². The second-order valence-corrected chi connectivity index (χ2v) is 8.36. The summed E-state index contributed by atoms with van der Waals surface area (Å²) in [5, 5.41) is 3.01. The van der Waals surface area contributed by atoms with Crippen LogP contribution in [0.3, 0.4) is 0 Å². The minimum absolute atomic E-state index is 0.0452. The lowest BCUT2D eigenvalue weighted by Crippen LogP contribution is -2.27. The summed E-state index contributed by atoms with van der Waals surface area (Å²) in [6, 6.07) is 10.1. The summed E-state index contributed by atoms with van der Waals surface area (Å²) in [5.41, 5.74) is 3.49. The van der Waals surface area contributed by atoms with E-state index in [2.05, 4.69) is 5.32 Å². The molecule has 128 valence electrons. The zero-order valence-corrected chi connectivity index (χ0v) is 15.6. The number of carbonyl (C=O) groups is 1. The van der Waals surface area contributed by atoms with Gasteiger partial charge < -0.3 is 5.32 Å². The number of nitrogens with one attached hydrogen (secondary N) is 1. The third kappa shape index (κ3) is 4.16. The second kappa shape index (κ2) is 6.95. The highest BCUT2D eigenvalue weighted by Crippen LogP contribution is 2.24. The first-order valence-corrected chi connectivity index (χ1v) is 9.74. The molecule has 1 amide bonds. The highest BCUT2D eigenvalue weighted by atomic mass is 35.5. The summed E-state index contributed by atoms with van der Waals surface area (Å²) in [6.45, 7) is 5.88. The van der Waals surface area contributed by atoms with Crippen molar-refractivity contribution in [3.05, 3.63) is 63.7 Å². The Labute approximate surface area is 147 Å². The Balaban J connectivity index is 2.28. The van der Waals surface area contributed by atoms with Gasteiger partial charge in [0.05, 0.1) is 16.0 Å². The molecule has 1 unspecified atom stereocenters. The van der Waals surface area contributed by atoms with E-state index in [0.717, 1.165) is 22.9 Å². The lowest BCUT2D eigenvalue weighted by molar-refractivity contribution is 0.0939. The standard InChI is InChI=1S/C18H20ClNO3S/c1-11-5-6-12(2)15(9-11)13(3)20-18(21)14-7-8-16(19)17(10-14)24(4,22)23/h5-10,13H,1-4H3,(H,20,21). The molecule has 1 N–H and O–H groups in total. The minimum atomic E-state index is -3.49. The lowest BCUT2D eigenvalue weighted by Gasteiger charge is -2.17. The molecule has 0 aliphatic carbocycles. The Hall–Kier alpha value is -1.85. The quantitative estimate of drug-likeness (QED) is 0.895. The van der Waals surface area contributed by atoms with Gasteiger partial charge in [0.1, 0.15) is 0 Å². The van der Waals surface area contributed by atoms with Crippen LogP contribution in [0.4, 0.5) is 0 Å². The van der Waals surface area contributed by atoms with Crippen LogP contribution < -0.4 is 5.32 Å². The fourth-order valence-corrected chi connectivity index (χ4v) is 3.81. The third-order valence-corrected chi connectivity index (χ3v) is 5.42. The van der Waals surface area contributed by atoms with Crippen molar-refractivity contribution in [1.29, 1.82) is 0 Å². The number of halogens is 1. The van der Waals surface area contributed by atoms with Gasteiger partial charge >= 0.3 is 0 Å².